The van der Waals surface area contributed by atoms with Gasteiger partial charge in [0.25, 0.3) is 0 Å². The Morgan fingerprint density at radius 2 is 2.29 bits per heavy atom. The van der Waals surface area contributed by atoms with Crippen LogP contribution in [0.15, 0.2) is 24.3 Å². The summed E-state index contributed by atoms with van der Waals surface area (Å²) < 4.78 is 13.2. The van der Waals surface area contributed by atoms with E-state index >= 15 is 0 Å². The molecule has 0 atom stereocenters. The Bertz CT molecular complexity index is 465. The van der Waals surface area contributed by atoms with Gasteiger partial charge in [0, 0.05) is 12.6 Å². The van der Waals surface area contributed by atoms with E-state index in [4.69, 9.17) is 0 Å². The van der Waals surface area contributed by atoms with Crippen LogP contribution in [-0.4, -0.2) is 12.5 Å². The van der Waals surface area contributed by atoms with Crippen LogP contribution in [0.3, 0.4) is 0 Å². The third kappa shape index (κ3) is 2.73. The van der Waals surface area contributed by atoms with E-state index in [0.29, 0.717) is 6.54 Å². The number of carbonyl (C=O) groups excluding carboxylic acids is 1. The fourth-order valence-electron chi connectivity index (χ4n) is 2.20. The molecule has 0 saturated carbocycles. The van der Waals surface area contributed by atoms with Gasteiger partial charge >= 0.3 is 0 Å². The summed E-state index contributed by atoms with van der Waals surface area (Å²) in [6.07, 6.45) is 4.42. The van der Waals surface area contributed by atoms with Crippen LogP contribution in [0.25, 0.3) is 5.57 Å². The zero-order chi connectivity index (χ0) is 12.3. The minimum atomic E-state index is -0.243. The van der Waals surface area contributed by atoms with E-state index in [1.165, 1.54) is 12.1 Å². The summed E-state index contributed by atoms with van der Waals surface area (Å²) in [6, 6.07) is 4.82. The van der Waals surface area contributed by atoms with Crippen molar-refractivity contribution in [3.05, 3.63) is 41.2 Å². The average molecular weight is 233 g/mol. The van der Waals surface area contributed by atoms with E-state index in [2.05, 4.69) is 5.32 Å². The SMILES string of the molecule is CCNC(=O)C=C1CCCc2ccc(F)cc21. The van der Waals surface area contributed by atoms with Crippen LogP contribution in [0.2, 0.25) is 0 Å². The van der Waals surface area contributed by atoms with Gasteiger partial charge in [-0.05, 0) is 55.0 Å². The second kappa shape index (κ2) is 5.13. The Morgan fingerprint density at radius 3 is 3.06 bits per heavy atom. The maximum atomic E-state index is 13.2. The van der Waals surface area contributed by atoms with E-state index in [1.807, 2.05) is 13.0 Å². The third-order valence-corrected chi connectivity index (χ3v) is 2.97. The number of likely N-dealkylation sites (N-methyl/N-ethyl adjacent to an activating group) is 1. The summed E-state index contributed by atoms with van der Waals surface area (Å²) >= 11 is 0. The van der Waals surface area contributed by atoms with Gasteiger partial charge in [-0.15, -0.1) is 0 Å². The maximum Gasteiger partial charge on any atom is 0.244 e. The second-order valence-electron chi connectivity index (χ2n) is 4.22. The molecule has 90 valence electrons. The van der Waals surface area contributed by atoms with Gasteiger partial charge in [0.2, 0.25) is 5.91 Å². The second-order valence-corrected chi connectivity index (χ2v) is 4.22. The third-order valence-electron chi connectivity index (χ3n) is 2.97. The molecule has 1 N–H and O–H groups in total. The van der Waals surface area contributed by atoms with Gasteiger partial charge in [0.15, 0.2) is 0 Å². The van der Waals surface area contributed by atoms with Crippen molar-refractivity contribution in [3.63, 3.8) is 0 Å². The van der Waals surface area contributed by atoms with E-state index < -0.39 is 0 Å². The van der Waals surface area contributed by atoms with Gasteiger partial charge in [-0.2, -0.15) is 0 Å². The molecule has 1 amide bonds. The highest BCUT2D eigenvalue weighted by molar-refractivity contribution is 5.95. The first-order valence-corrected chi connectivity index (χ1v) is 5.98. The minimum Gasteiger partial charge on any atom is -0.353 e. The Kier molecular flexibility index (Phi) is 3.57. The molecule has 0 spiro atoms. The average Bonchev–Trinajstić information content (AvgIpc) is 2.30. The first-order chi connectivity index (χ1) is 8.20. The number of hydrogen-bond acceptors (Lipinski definition) is 1. The summed E-state index contributed by atoms with van der Waals surface area (Å²) in [7, 11) is 0. The highest BCUT2D eigenvalue weighted by Gasteiger charge is 2.15. The van der Waals surface area contributed by atoms with Crippen LogP contribution in [0.5, 0.6) is 0 Å². The molecule has 1 aromatic rings. The van der Waals surface area contributed by atoms with Crippen molar-refractivity contribution in [3.8, 4) is 0 Å². The van der Waals surface area contributed by atoms with Crippen molar-refractivity contribution in [2.24, 2.45) is 0 Å². The molecule has 0 bridgehead atoms. The maximum absolute atomic E-state index is 13.2. The predicted molar refractivity (Wildman–Crippen MR) is 66.0 cm³/mol. The molecule has 0 saturated heterocycles. The molecule has 1 aromatic carbocycles. The number of fused-ring (bicyclic) bond motifs is 1. The van der Waals surface area contributed by atoms with Gasteiger partial charge < -0.3 is 5.32 Å². The largest absolute Gasteiger partial charge is 0.353 e. The molecule has 0 heterocycles. The van der Waals surface area contributed by atoms with Crippen molar-refractivity contribution < 1.29 is 9.18 Å². The normalized spacial score (nSPS) is 16.7. The first kappa shape index (κ1) is 11.8. The van der Waals surface area contributed by atoms with Crippen molar-refractivity contribution in [2.45, 2.75) is 26.2 Å². The molecular weight excluding hydrogens is 217 g/mol. The predicted octanol–water partition coefficient (Wildman–Crippen LogP) is 2.68. The number of allylic oxidation sites excluding steroid dienone is 1. The topological polar surface area (TPSA) is 29.1 Å². The highest BCUT2D eigenvalue weighted by atomic mass is 19.1. The minimum absolute atomic E-state index is 0.0976. The standard InChI is InChI=1S/C14H16FNO/c1-2-16-14(17)8-11-5-3-4-10-6-7-12(15)9-13(10)11/h6-9H,2-5H2,1H3,(H,16,17). The van der Waals surface area contributed by atoms with Crippen molar-refractivity contribution >= 4 is 11.5 Å². The lowest BCUT2D eigenvalue weighted by molar-refractivity contribution is -0.116. The number of rotatable bonds is 2. The molecule has 0 radical (unpaired) electrons. The number of benzene rings is 1. The lowest BCUT2D eigenvalue weighted by Crippen LogP contribution is -2.20. The van der Waals surface area contributed by atoms with Gasteiger partial charge in [-0.1, -0.05) is 6.07 Å². The van der Waals surface area contributed by atoms with E-state index in [0.717, 1.165) is 36.0 Å². The fraction of sp³-hybridized carbons (Fsp3) is 0.357. The summed E-state index contributed by atoms with van der Waals surface area (Å²) in [4.78, 5) is 11.5. The fourth-order valence-corrected chi connectivity index (χ4v) is 2.20. The number of hydrogen-bond donors (Lipinski definition) is 1. The van der Waals surface area contributed by atoms with Crippen molar-refractivity contribution in [2.75, 3.05) is 6.54 Å². The monoisotopic (exact) mass is 233 g/mol. The summed E-state index contributed by atoms with van der Waals surface area (Å²) in [5, 5.41) is 2.73. The molecular formula is C14H16FNO. The van der Waals surface area contributed by atoms with Crippen LogP contribution in [0.1, 0.15) is 30.9 Å². The van der Waals surface area contributed by atoms with Crippen LogP contribution in [-0.2, 0) is 11.2 Å². The Labute approximate surface area is 101 Å². The zero-order valence-corrected chi connectivity index (χ0v) is 9.92. The van der Waals surface area contributed by atoms with Gasteiger partial charge in [-0.25, -0.2) is 4.39 Å². The molecule has 2 rings (SSSR count). The smallest absolute Gasteiger partial charge is 0.244 e. The summed E-state index contributed by atoms with van der Waals surface area (Å²) in [5.74, 6) is -0.341. The van der Waals surface area contributed by atoms with Gasteiger partial charge in [0.1, 0.15) is 5.82 Å². The molecule has 17 heavy (non-hydrogen) atoms. The lowest BCUT2D eigenvalue weighted by atomic mass is 9.87. The molecule has 3 heteroatoms. The Hall–Kier alpha value is -1.64. The zero-order valence-electron chi connectivity index (χ0n) is 9.92. The summed E-state index contributed by atoms with van der Waals surface area (Å²) in [6.45, 7) is 2.49. The van der Waals surface area contributed by atoms with Crippen molar-refractivity contribution in [1.82, 2.24) is 5.32 Å². The number of amides is 1. The number of aryl methyl sites for hydroxylation is 1. The quantitative estimate of drug-likeness (QED) is 0.782. The first-order valence-electron chi connectivity index (χ1n) is 5.98. The lowest BCUT2D eigenvalue weighted by Gasteiger charge is -2.18. The van der Waals surface area contributed by atoms with Crippen molar-refractivity contribution in [1.29, 1.82) is 0 Å². The Morgan fingerprint density at radius 1 is 1.47 bits per heavy atom. The highest BCUT2D eigenvalue weighted by Crippen LogP contribution is 2.30. The molecule has 1 aliphatic rings. The summed E-state index contributed by atoms with van der Waals surface area (Å²) in [5.41, 5.74) is 2.97. The molecule has 0 aromatic heterocycles. The van der Waals surface area contributed by atoms with Crippen LogP contribution in [0.4, 0.5) is 4.39 Å². The van der Waals surface area contributed by atoms with Gasteiger partial charge in [0.05, 0.1) is 0 Å². The molecule has 0 fully saturated rings. The molecule has 0 aliphatic heterocycles. The number of nitrogens with one attached hydrogen (secondary N) is 1. The van der Waals surface area contributed by atoms with E-state index in [9.17, 15) is 9.18 Å². The molecule has 2 nitrogen and oxygen atoms in total. The van der Waals surface area contributed by atoms with Gasteiger partial charge in [-0.3, -0.25) is 4.79 Å². The number of carbonyl (C=O) groups is 1. The van der Waals surface area contributed by atoms with Crippen LogP contribution >= 0.6 is 0 Å². The van der Waals surface area contributed by atoms with Crippen LogP contribution < -0.4 is 5.32 Å². The molecule has 1 aliphatic carbocycles. The molecule has 0 unspecified atom stereocenters. The van der Waals surface area contributed by atoms with E-state index in [1.54, 1.807) is 6.08 Å². The Balaban J connectivity index is 2.33. The van der Waals surface area contributed by atoms with E-state index in [-0.39, 0.29) is 11.7 Å². The number of halogens is 1. The van der Waals surface area contributed by atoms with Crippen LogP contribution in [0, 0.1) is 5.82 Å².